The highest BCUT2D eigenvalue weighted by molar-refractivity contribution is 6.71. The van der Waals surface area contributed by atoms with Crippen LogP contribution in [0.15, 0.2) is 0 Å². The summed E-state index contributed by atoms with van der Waals surface area (Å²) in [7, 11) is -8.67. The first-order valence-electron chi connectivity index (χ1n) is 7.88. The van der Waals surface area contributed by atoms with Crippen LogP contribution in [0.3, 0.4) is 0 Å². The number of carbonyl (C=O) groups is 6. The Bertz CT molecular complexity index is 521. The van der Waals surface area contributed by atoms with E-state index in [2.05, 4.69) is 0 Å². The summed E-state index contributed by atoms with van der Waals surface area (Å²) in [4.78, 5) is 68.8. The monoisotopic (exact) mass is 438 g/mol. The Morgan fingerprint density at radius 3 is 0.679 bits per heavy atom. The molecule has 0 aromatic heterocycles. The molecule has 0 N–H and O–H groups in total. The fraction of sp³-hybridized carbons (Fsp3) is 0.571. The van der Waals surface area contributed by atoms with Gasteiger partial charge in [0.15, 0.2) is 0 Å². The maximum absolute atomic E-state index is 11.5. The Hall–Kier alpha value is -2.75. The first kappa shape index (κ1) is 25.3. The maximum Gasteiger partial charge on any atom is 0.705 e. The fourth-order valence-electron chi connectivity index (χ4n) is 2.05. The van der Waals surface area contributed by atoms with Gasteiger partial charge in [-0.2, -0.15) is 0 Å². The van der Waals surface area contributed by atoms with Gasteiger partial charge in [-0.3, -0.25) is 28.8 Å². The third-order valence-corrected chi connectivity index (χ3v) is 8.35. The van der Waals surface area contributed by atoms with Gasteiger partial charge in [0.05, 0.1) is 12.1 Å². The van der Waals surface area contributed by atoms with Crippen molar-refractivity contribution in [2.45, 2.75) is 53.6 Å². The van der Waals surface area contributed by atoms with E-state index in [1.165, 1.54) is 0 Å². The van der Waals surface area contributed by atoms with Crippen molar-refractivity contribution in [3.63, 3.8) is 0 Å². The molecule has 0 saturated carbocycles. The lowest BCUT2D eigenvalue weighted by Crippen LogP contribution is -2.54. The molecule has 0 saturated heterocycles. The lowest BCUT2D eigenvalue weighted by molar-refractivity contribution is -0.152. The van der Waals surface area contributed by atoms with Gasteiger partial charge in [-0.25, -0.2) is 0 Å². The summed E-state index contributed by atoms with van der Waals surface area (Å²) in [6.07, 6.45) is 0. The second-order valence-electron chi connectivity index (χ2n) is 5.43. The van der Waals surface area contributed by atoms with Crippen molar-refractivity contribution in [2.75, 3.05) is 0 Å². The Labute approximate surface area is 163 Å². The lowest BCUT2D eigenvalue weighted by Gasteiger charge is -2.30. The van der Waals surface area contributed by atoms with E-state index in [0.29, 0.717) is 0 Å². The van der Waals surface area contributed by atoms with Crippen molar-refractivity contribution in [1.29, 1.82) is 0 Å². The van der Waals surface area contributed by atoms with E-state index < -0.39 is 65.5 Å². The minimum absolute atomic E-state index is 0.522. The van der Waals surface area contributed by atoms with E-state index in [-0.39, 0.29) is 0 Å². The number of hydrogen-bond acceptors (Lipinski definition) is 12. The molecular formula is C14H22O12Si2. The molecule has 14 heteroatoms. The molecule has 0 unspecified atom stereocenters. The predicted octanol–water partition coefficient (Wildman–Crippen LogP) is 0.243. The van der Waals surface area contributed by atoms with Gasteiger partial charge in [0.25, 0.3) is 35.8 Å². The normalized spacial score (nSPS) is 10.9. The highest BCUT2D eigenvalue weighted by Gasteiger charge is 2.60. The molecule has 0 aliphatic rings. The van der Waals surface area contributed by atoms with Gasteiger partial charge < -0.3 is 26.6 Å². The Morgan fingerprint density at radius 2 is 0.571 bits per heavy atom. The number of hydrogen-bond donors (Lipinski definition) is 0. The maximum atomic E-state index is 11.5. The number of carbonyl (C=O) groups excluding carboxylic acids is 6. The Balaban J connectivity index is 6.02. The summed E-state index contributed by atoms with van der Waals surface area (Å²) in [6.45, 7) is 5.94. The van der Waals surface area contributed by atoms with E-state index >= 15 is 0 Å². The zero-order valence-electron chi connectivity index (χ0n) is 16.3. The van der Waals surface area contributed by atoms with Crippen molar-refractivity contribution in [3.05, 3.63) is 0 Å². The highest BCUT2D eigenvalue weighted by Crippen LogP contribution is 2.27. The minimum Gasteiger partial charge on any atom is -0.455 e. The van der Waals surface area contributed by atoms with E-state index in [1.54, 1.807) is 0 Å². The smallest absolute Gasteiger partial charge is 0.455 e. The number of rotatable bonds is 9. The van der Waals surface area contributed by atoms with Crippen LogP contribution < -0.4 is 0 Å². The van der Waals surface area contributed by atoms with Gasteiger partial charge in [-0.05, 0) is 0 Å². The van der Waals surface area contributed by atoms with Crippen LogP contribution in [0.25, 0.3) is 0 Å². The molecule has 0 amide bonds. The summed E-state index contributed by atoms with van der Waals surface area (Å²) >= 11 is 0. The summed E-state index contributed by atoms with van der Waals surface area (Å²) in [5, 5.41) is 0. The zero-order chi connectivity index (χ0) is 22.1. The van der Waals surface area contributed by atoms with Crippen LogP contribution in [-0.4, -0.2) is 53.4 Å². The van der Waals surface area contributed by atoms with Gasteiger partial charge in [0, 0.05) is 41.5 Å². The van der Waals surface area contributed by atoms with Gasteiger partial charge >= 0.3 is 17.6 Å². The largest absolute Gasteiger partial charge is 0.705 e. The quantitative estimate of drug-likeness (QED) is 0.452. The molecule has 0 rings (SSSR count). The molecule has 0 aliphatic heterocycles. The Morgan fingerprint density at radius 1 is 0.429 bits per heavy atom. The molecule has 0 aromatic carbocycles. The Kier molecular flexibility index (Phi) is 9.52. The van der Waals surface area contributed by atoms with E-state index in [1.807, 2.05) is 0 Å². The van der Waals surface area contributed by atoms with Crippen LogP contribution >= 0.6 is 0 Å². The topological polar surface area (TPSA) is 158 Å². The van der Waals surface area contributed by atoms with Crippen LogP contribution in [0.4, 0.5) is 0 Å². The molecule has 0 bridgehead atoms. The fourth-order valence-corrected chi connectivity index (χ4v) is 7.99. The molecule has 158 valence electrons. The highest BCUT2D eigenvalue weighted by atomic mass is 28.4. The molecule has 28 heavy (non-hydrogen) atoms. The first-order chi connectivity index (χ1) is 12.7. The van der Waals surface area contributed by atoms with Crippen LogP contribution in [0.5, 0.6) is 0 Å². The van der Waals surface area contributed by atoms with Crippen molar-refractivity contribution < 1.29 is 55.3 Å². The molecule has 0 aliphatic carbocycles. The minimum atomic E-state index is -4.34. The van der Waals surface area contributed by atoms with E-state index in [0.717, 1.165) is 41.5 Å². The molecule has 0 aromatic rings. The summed E-state index contributed by atoms with van der Waals surface area (Å²) in [5.41, 5.74) is 0. The van der Waals surface area contributed by atoms with E-state index in [9.17, 15) is 28.8 Å². The van der Waals surface area contributed by atoms with Crippen molar-refractivity contribution in [3.8, 4) is 0 Å². The average molecular weight is 438 g/mol. The van der Waals surface area contributed by atoms with Gasteiger partial charge in [-0.1, -0.05) is 0 Å². The van der Waals surface area contributed by atoms with Crippen molar-refractivity contribution >= 4 is 53.4 Å². The molecule has 12 nitrogen and oxygen atoms in total. The summed E-state index contributed by atoms with van der Waals surface area (Å²) in [6, 6.07) is -1.04. The van der Waals surface area contributed by atoms with Crippen molar-refractivity contribution in [1.82, 2.24) is 0 Å². The molecular weight excluding hydrogens is 416 g/mol. The third-order valence-electron chi connectivity index (χ3n) is 2.53. The second-order valence-corrected chi connectivity index (χ2v) is 10.4. The van der Waals surface area contributed by atoms with Gasteiger partial charge in [0.1, 0.15) is 0 Å². The van der Waals surface area contributed by atoms with E-state index in [4.69, 9.17) is 26.6 Å². The average Bonchev–Trinajstić information content (AvgIpc) is 2.40. The van der Waals surface area contributed by atoms with Gasteiger partial charge in [0.2, 0.25) is 0 Å². The standard InChI is InChI=1S/C14H22O12Si2/c1-9(15)21-27(22-10(2)16,23-11(3)17)7-8-28(24-12(4)18,25-13(5)19)26-14(6)20/h7-8H2,1-6H3. The van der Waals surface area contributed by atoms with Crippen LogP contribution in [0, 0.1) is 0 Å². The van der Waals surface area contributed by atoms with Crippen LogP contribution in [0.2, 0.25) is 12.1 Å². The zero-order valence-corrected chi connectivity index (χ0v) is 18.3. The van der Waals surface area contributed by atoms with Crippen LogP contribution in [-0.2, 0) is 55.3 Å². The summed E-state index contributed by atoms with van der Waals surface area (Å²) in [5.74, 6) is -5.53. The molecule has 0 heterocycles. The second kappa shape index (κ2) is 10.6. The van der Waals surface area contributed by atoms with Crippen LogP contribution in [0.1, 0.15) is 41.5 Å². The molecule has 0 spiro atoms. The summed E-state index contributed by atoms with van der Waals surface area (Å²) < 4.78 is 29.9. The molecule has 0 atom stereocenters. The third kappa shape index (κ3) is 9.81. The van der Waals surface area contributed by atoms with Crippen molar-refractivity contribution in [2.24, 2.45) is 0 Å². The lowest BCUT2D eigenvalue weighted by atomic mass is 10.8. The van der Waals surface area contributed by atoms with Gasteiger partial charge in [-0.15, -0.1) is 0 Å². The molecule has 0 radical (unpaired) electrons. The molecule has 0 fully saturated rings. The predicted molar refractivity (Wildman–Crippen MR) is 91.7 cm³/mol. The first-order valence-corrected chi connectivity index (χ1v) is 11.7. The SMILES string of the molecule is CC(=O)O[Si](CC[Si](OC(C)=O)(OC(C)=O)OC(C)=O)(OC(C)=O)OC(C)=O.